The van der Waals surface area contributed by atoms with Gasteiger partial charge in [-0.1, -0.05) is 18.2 Å². The van der Waals surface area contributed by atoms with Crippen LogP contribution in [0.1, 0.15) is 21.6 Å². The first-order chi connectivity index (χ1) is 14.1. The predicted molar refractivity (Wildman–Crippen MR) is 107 cm³/mol. The van der Waals surface area contributed by atoms with Crippen molar-refractivity contribution < 1.29 is 19.2 Å². The molecule has 0 saturated heterocycles. The van der Waals surface area contributed by atoms with Gasteiger partial charge in [0.25, 0.3) is 5.69 Å². The van der Waals surface area contributed by atoms with Crippen LogP contribution in [0.15, 0.2) is 66.9 Å². The van der Waals surface area contributed by atoms with Crippen molar-refractivity contribution in [3.8, 4) is 5.75 Å². The maximum atomic E-state index is 11.8. The molecular formula is C21H19N3O5. The largest absolute Gasteiger partial charge is 0.487 e. The Morgan fingerprint density at radius 2 is 1.93 bits per heavy atom. The minimum Gasteiger partial charge on any atom is -0.487 e. The maximum absolute atomic E-state index is 11.8. The molecule has 0 bridgehead atoms. The summed E-state index contributed by atoms with van der Waals surface area (Å²) in [7, 11) is 1.18. The summed E-state index contributed by atoms with van der Waals surface area (Å²) in [6.45, 7) is 0.858. The van der Waals surface area contributed by atoms with E-state index in [1.165, 1.54) is 19.2 Å². The number of nitrogens with zero attached hydrogens (tertiary/aromatic N) is 2. The van der Waals surface area contributed by atoms with Crippen LogP contribution in [-0.2, 0) is 17.9 Å². The van der Waals surface area contributed by atoms with Crippen LogP contribution in [0.2, 0.25) is 0 Å². The molecule has 0 spiro atoms. The van der Waals surface area contributed by atoms with Crippen molar-refractivity contribution in [1.29, 1.82) is 0 Å². The number of hydrogen-bond donors (Lipinski definition) is 1. The number of hydrogen-bond acceptors (Lipinski definition) is 7. The highest BCUT2D eigenvalue weighted by Gasteiger charge is 2.21. The van der Waals surface area contributed by atoms with Crippen LogP contribution < -0.4 is 10.1 Å². The lowest BCUT2D eigenvalue weighted by atomic mass is 10.1. The Morgan fingerprint density at radius 1 is 1.14 bits per heavy atom. The molecular weight excluding hydrogens is 374 g/mol. The van der Waals surface area contributed by atoms with Crippen molar-refractivity contribution in [2.75, 3.05) is 12.4 Å². The highest BCUT2D eigenvalue weighted by atomic mass is 16.6. The molecule has 3 rings (SSSR count). The highest BCUT2D eigenvalue weighted by Crippen LogP contribution is 2.24. The zero-order chi connectivity index (χ0) is 20.6. The molecule has 1 aromatic heterocycles. The number of pyridine rings is 1. The van der Waals surface area contributed by atoms with Gasteiger partial charge in [-0.25, -0.2) is 4.79 Å². The fourth-order valence-corrected chi connectivity index (χ4v) is 2.63. The Labute approximate surface area is 167 Å². The van der Waals surface area contributed by atoms with E-state index < -0.39 is 10.9 Å². The van der Waals surface area contributed by atoms with E-state index >= 15 is 0 Å². The lowest BCUT2D eigenvalue weighted by Gasteiger charge is -2.10. The van der Waals surface area contributed by atoms with Gasteiger partial charge in [-0.3, -0.25) is 15.1 Å². The molecule has 0 unspecified atom stereocenters. The maximum Gasteiger partial charge on any atom is 0.344 e. The second kappa shape index (κ2) is 9.32. The van der Waals surface area contributed by atoms with E-state index in [-0.39, 0.29) is 11.3 Å². The Kier molecular flexibility index (Phi) is 6.36. The third kappa shape index (κ3) is 5.29. The predicted octanol–water partition coefficient (Wildman–Crippen LogP) is 3.97. The second-order valence-corrected chi connectivity index (χ2v) is 6.09. The second-order valence-electron chi connectivity index (χ2n) is 6.09. The molecule has 1 N–H and O–H groups in total. The number of esters is 1. The monoisotopic (exact) mass is 393 g/mol. The van der Waals surface area contributed by atoms with Gasteiger partial charge in [-0.2, -0.15) is 0 Å². The van der Waals surface area contributed by atoms with E-state index in [1.54, 1.807) is 12.3 Å². The highest BCUT2D eigenvalue weighted by molar-refractivity contribution is 5.95. The zero-order valence-corrected chi connectivity index (χ0v) is 15.7. The quantitative estimate of drug-likeness (QED) is 0.351. The summed E-state index contributed by atoms with van der Waals surface area (Å²) in [5, 5.41) is 14.2. The van der Waals surface area contributed by atoms with Gasteiger partial charge in [0.15, 0.2) is 0 Å². The van der Waals surface area contributed by atoms with E-state index in [1.807, 2.05) is 42.5 Å². The van der Waals surface area contributed by atoms with Gasteiger partial charge >= 0.3 is 5.97 Å². The first-order valence-corrected chi connectivity index (χ1v) is 8.79. The van der Waals surface area contributed by atoms with E-state index in [9.17, 15) is 14.9 Å². The van der Waals surface area contributed by atoms with E-state index in [0.717, 1.165) is 17.0 Å². The summed E-state index contributed by atoms with van der Waals surface area (Å²) >= 11 is 0. The van der Waals surface area contributed by atoms with Crippen LogP contribution in [0.5, 0.6) is 5.75 Å². The van der Waals surface area contributed by atoms with Crippen molar-refractivity contribution in [1.82, 2.24) is 4.98 Å². The molecule has 0 radical (unpaired) electrons. The summed E-state index contributed by atoms with van der Waals surface area (Å²) < 4.78 is 10.3. The summed E-state index contributed by atoms with van der Waals surface area (Å²) in [6.07, 6.45) is 1.72. The molecule has 8 heteroatoms. The SMILES string of the molecule is COC(=O)c1cc(NCc2ccc(OCc3ccccn3)cc2)ccc1[N+](=O)[O-]. The summed E-state index contributed by atoms with van der Waals surface area (Å²) in [5.74, 6) is -0.0301. The fourth-order valence-electron chi connectivity index (χ4n) is 2.63. The van der Waals surface area contributed by atoms with Crippen molar-refractivity contribution >= 4 is 17.3 Å². The molecule has 0 fully saturated rings. The van der Waals surface area contributed by atoms with Crippen LogP contribution in [-0.4, -0.2) is 23.0 Å². The summed E-state index contributed by atoms with van der Waals surface area (Å²) in [6, 6.07) is 17.4. The molecule has 0 saturated carbocycles. The zero-order valence-electron chi connectivity index (χ0n) is 15.7. The molecule has 0 aliphatic heterocycles. The molecule has 29 heavy (non-hydrogen) atoms. The number of carbonyl (C=O) groups excluding carboxylic acids is 1. The number of carbonyl (C=O) groups is 1. The van der Waals surface area contributed by atoms with Crippen molar-refractivity contribution in [2.45, 2.75) is 13.2 Å². The number of nitrogens with one attached hydrogen (secondary N) is 1. The number of methoxy groups -OCH3 is 1. The van der Waals surface area contributed by atoms with Crippen LogP contribution in [0, 0.1) is 10.1 Å². The first-order valence-electron chi connectivity index (χ1n) is 8.79. The standard InChI is InChI=1S/C21H19N3O5/c1-28-21(25)19-12-16(7-10-20(19)24(26)27)23-13-15-5-8-18(9-6-15)29-14-17-4-2-3-11-22-17/h2-12,23H,13-14H2,1H3. The van der Waals surface area contributed by atoms with Gasteiger partial charge in [-0.05, 0) is 42.0 Å². The third-order valence-electron chi connectivity index (χ3n) is 4.13. The van der Waals surface area contributed by atoms with Gasteiger partial charge in [0.1, 0.15) is 17.9 Å². The molecule has 148 valence electrons. The molecule has 2 aromatic carbocycles. The molecule has 0 aliphatic carbocycles. The minimum atomic E-state index is -0.755. The number of nitro benzene ring substituents is 1. The van der Waals surface area contributed by atoms with E-state index in [0.29, 0.717) is 18.8 Å². The topological polar surface area (TPSA) is 104 Å². The van der Waals surface area contributed by atoms with Gasteiger partial charge in [-0.15, -0.1) is 0 Å². The Hall–Kier alpha value is -3.94. The number of ether oxygens (including phenoxy) is 2. The Bertz CT molecular complexity index is 991. The Balaban J connectivity index is 1.61. The molecule has 8 nitrogen and oxygen atoms in total. The number of benzene rings is 2. The number of aromatic nitrogens is 1. The smallest absolute Gasteiger partial charge is 0.344 e. The Morgan fingerprint density at radius 3 is 2.59 bits per heavy atom. The number of rotatable bonds is 8. The fraction of sp³-hybridized carbons (Fsp3) is 0.143. The van der Waals surface area contributed by atoms with Crippen molar-refractivity contribution in [2.24, 2.45) is 0 Å². The average molecular weight is 393 g/mol. The van der Waals surface area contributed by atoms with E-state index in [2.05, 4.69) is 15.0 Å². The molecule has 3 aromatic rings. The number of nitro groups is 1. The normalized spacial score (nSPS) is 10.2. The summed E-state index contributed by atoms with van der Waals surface area (Å²) in [4.78, 5) is 26.5. The van der Waals surface area contributed by atoms with Crippen molar-refractivity contribution in [3.05, 3.63) is 93.8 Å². The lowest BCUT2D eigenvalue weighted by molar-refractivity contribution is -0.385. The van der Waals surface area contributed by atoms with Crippen LogP contribution >= 0.6 is 0 Å². The van der Waals surface area contributed by atoms with Crippen LogP contribution in [0.4, 0.5) is 11.4 Å². The summed E-state index contributed by atoms with van der Waals surface area (Å²) in [5.41, 5.74) is 2.01. The van der Waals surface area contributed by atoms with Crippen LogP contribution in [0.3, 0.4) is 0 Å². The van der Waals surface area contributed by atoms with Crippen LogP contribution in [0.25, 0.3) is 0 Å². The van der Waals surface area contributed by atoms with Gasteiger partial charge in [0.05, 0.1) is 17.7 Å². The van der Waals surface area contributed by atoms with Gasteiger partial charge in [0, 0.05) is 24.5 Å². The van der Waals surface area contributed by atoms with Crippen molar-refractivity contribution in [3.63, 3.8) is 0 Å². The number of anilines is 1. The average Bonchev–Trinajstić information content (AvgIpc) is 2.76. The van der Waals surface area contributed by atoms with Gasteiger partial charge in [0.2, 0.25) is 0 Å². The van der Waals surface area contributed by atoms with Gasteiger partial charge < -0.3 is 14.8 Å². The minimum absolute atomic E-state index is 0.0965. The molecule has 1 heterocycles. The first kappa shape index (κ1) is 19.8. The van der Waals surface area contributed by atoms with E-state index in [4.69, 9.17) is 4.74 Å². The molecule has 0 aliphatic rings. The lowest BCUT2D eigenvalue weighted by Crippen LogP contribution is -2.07. The molecule has 0 atom stereocenters. The third-order valence-corrected chi connectivity index (χ3v) is 4.13. The molecule has 0 amide bonds.